The third-order valence-corrected chi connectivity index (χ3v) is 2.58. The van der Waals surface area contributed by atoms with E-state index in [2.05, 4.69) is 0 Å². The summed E-state index contributed by atoms with van der Waals surface area (Å²) in [7, 11) is 0. The van der Waals surface area contributed by atoms with Gasteiger partial charge in [-0.2, -0.15) is 0 Å². The van der Waals surface area contributed by atoms with E-state index < -0.39 is 15.1 Å². The summed E-state index contributed by atoms with van der Waals surface area (Å²) in [4.78, 5) is 32.0. The van der Waals surface area contributed by atoms with Crippen LogP contribution in [0.3, 0.4) is 0 Å². The Morgan fingerprint density at radius 1 is 0.750 bits per heavy atom. The molecule has 0 radical (unpaired) electrons. The van der Waals surface area contributed by atoms with E-state index in [9.17, 15) is 14.4 Å². The average Bonchev–Trinajstić information content (AvgIpc) is 2.15. The highest BCUT2D eigenvalue weighted by Crippen LogP contribution is 1.94. The summed E-state index contributed by atoms with van der Waals surface area (Å²) in [5.41, 5.74) is 0. The Morgan fingerprint density at radius 3 is 1.19 bits per heavy atom. The first-order valence-electron chi connectivity index (χ1n) is 4.75. The van der Waals surface area contributed by atoms with Gasteiger partial charge in [0, 0.05) is 0 Å². The van der Waals surface area contributed by atoms with E-state index >= 15 is 0 Å². The molecule has 0 amide bonds. The van der Waals surface area contributed by atoms with Crippen LogP contribution in [-0.2, 0) is 25.7 Å². The minimum atomic E-state index is -2.56. The fraction of sp³-hybridized carbons (Fsp3) is 0.667. The molecular weight excluding hydrogens is 231 g/mol. The summed E-state index contributed by atoms with van der Waals surface area (Å²) in [5, 5.41) is 0. The lowest BCUT2D eigenvalue weighted by molar-refractivity contribution is -0.122. The predicted octanol–water partition coefficient (Wildman–Crippen LogP) is -0.212. The third kappa shape index (κ3) is 9.96. The molecule has 0 saturated heterocycles. The van der Waals surface area contributed by atoms with Crippen molar-refractivity contribution >= 4 is 32.5 Å². The quantitative estimate of drug-likeness (QED) is 0.524. The number of ketones is 3. The second-order valence-corrected chi connectivity index (χ2v) is 4.91. The van der Waals surface area contributed by atoms with Gasteiger partial charge in [-0.1, -0.05) is 0 Å². The van der Waals surface area contributed by atoms with E-state index in [1.807, 2.05) is 0 Å². The van der Waals surface area contributed by atoms with Crippen LogP contribution in [0.25, 0.3) is 0 Å². The number of Topliss-reactive ketones (excluding diaryl/α,β-unsaturated/α-hetero) is 3. The lowest BCUT2D eigenvalue weighted by atomic mass is 10.5. The molecule has 0 N–H and O–H groups in total. The number of hydrogen-bond acceptors (Lipinski definition) is 6. The molecule has 0 aliphatic carbocycles. The minimum absolute atomic E-state index is 0.132. The summed E-state index contributed by atoms with van der Waals surface area (Å²) < 4.78 is 15.1. The zero-order valence-electron chi connectivity index (χ0n) is 9.65. The summed E-state index contributed by atoms with van der Waals surface area (Å²) >= 11 is -2.56. The van der Waals surface area contributed by atoms with Crippen LogP contribution in [0.4, 0.5) is 0 Å². The van der Waals surface area contributed by atoms with E-state index in [4.69, 9.17) is 11.4 Å². The van der Waals surface area contributed by atoms with Gasteiger partial charge < -0.3 is 11.4 Å². The highest BCUT2D eigenvalue weighted by atomic mass is 27.3. The fourth-order valence-electron chi connectivity index (χ4n) is 0.701. The second kappa shape index (κ2) is 8.56. The van der Waals surface area contributed by atoms with Crippen LogP contribution >= 0.6 is 0 Å². The summed E-state index contributed by atoms with van der Waals surface area (Å²) in [6, 6.07) is 0. The molecular formula is C9H15AlO6. The Kier molecular flexibility index (Phi) is 8.25. The maximum absolute atomic E-state index is 10.7. The zero-order chi connectivity index (χ0) is 12.6. The number of carbonyl (C=O) groups is 3. The van der Waals surface area contributed by atoms with Gasteiger partial charge in [-0.15, -0.1) is 0 Å². The fourth-order valence-corrected chi connectivity index (χ4v) is 2.10. The van der Waals surface area contributed by atoms with Gasteiger partial charge in [-0.3, -0.25) is 14.4 Å². The van der Waals surface area contributed by atoms with Gasteiger partial charge in [0.2, 0.25) is 0 Å². The molecule has 0 unspecified atom stereocenters. The summed E-state index contributed by atoms with van der Waals surface area (Å²) in [6.07, 6.45) is 0. The average molecular weight is 246 g/mol. The Bertz CT molecular complexity index is 222. The molecule has 6 nitrogen and oxygen atoms in total. The van der Waals surface area contributed by atoms with Crippen molar-refractivity contribution in [3.8, 4) is 0 Å². The first-order valence-corrected chi connectivity index (χ1v) is 6.16. The van der Waals surface area contributed by atoms with Crippen molar-refractivity contribution in [3.05, 3.63) is 0 Å². The Hall–Kier alpha value is -0.578. The van der Waals surface area contributed by atoms with Crippen molar-refractivity contribution in [1.82, 2.24) is 0 Å². The van der Waals surface area contributed by atoms with E-state index in [1.54, 1.807) is 0 Å². The Balaban J connectivity index is 3.98. The molecule has 16 heavy (non-hydrogen) atoms. The van der Waals surface area contributed by atoms with Gasteiger partial charge in [0.25, 0.3) is 0 Å². The summed E-state index contributed by atoms with van der Waals surface area (Å²) in [6.45, 7) is 3.69. The van der Waals surface area contributed by atoms with E-state index in [1.165, 1.54) is 20.8 Å². The molecule has 90 valence electrons. The largest absolute Gasteiger partial charge is 0.906 e. The molecule has 0 heterocycles. The summed E-state index contributed by atoms with van der Waals surface area (Å²) in [5.74, 6) is -0.513. The lowest BCUT2D eigenvalue weighted by Crippen LogP contribution is -2.32. The van der Waals surface area contributed by atoms with Crippen LogP contribution < -0.4 is 0 Å². The maximum Gasteiger partial charge on any atom is 0.906 e. The molecule has 0 bridgehead atoms. The van der Waals surface area contributed by atoms with Gasteiger partial charge in [-0.25, -0.2) is 0 Å². The molecule has 0 aliphatic heterocycles. The van der Waals surface area contributed by atoms with Crippen LogP contribution in [0, 0.1) is 0 Å². The van der Waals surface area contributed by atoms with Crippen LogP contribution in [0.1, 0.15) is 20.8 Å². The minimum Gasteiger partial charge on any atom is -0.448 e. The predicted molar refractivity (Wildman–Crippen MR) is 55.7 cm³/mol. The maximum atomic E-state index is 10.7. The second-order valence-electron chi connectivity index (χ2n) is 3.33. The highest BCUT2D eigenvalue weighted by molar-refractivity contribution is 6.37. The van der Waals surface area contributed by atoms with Crippen LogP contribution in [0.2, 0.25) is 0 Å². The van der Waals surface area contributed by atoms with Crippen molar-refractivity contribution in [2.75, 3.05) is 19.8 Å². The molecule has 0 rings (SSSR count). The molecule has 0 aromatic heterocycles. The third-order valence-electron chi connectivity index (χ3n) is 1.27. The van der Waals surface area contributed by atoms with Crippen LogP contribution in [0.15, 0.2) is 0 Å². The van der Waals surface area contributed by atoms with Gasteiger partial charge >= 0.3 is 15.1 Å². The van der Waals surface area contributed by atoms with Crippen molar-refractivity contribution in [3.63, 3.8) is 0 Å². The molecule has 0 aliphatic rings. The topological polar surface area (TPSA) is 78.9 Å². The molecule has 0 aromatic rings. The van der Waals surface area contributed by atoms with Crippen molar-refractivity contribution in [1.29, 1.82) is 0 Å². The van der Waals surface area contributed by atoms with Crippen molar-refractivity contribution < 1.29 is 25.7 Å². The van der Waals surface area contributed by atoms with Crippen molar-refractivity contribution in [2.24, 2.45) is 0 Å². The molecule has 0 aromatic carbocycles. The molecule has 0 fully saturated rings. The Morgan fingerprint density at radius 2 is 1.00 bits per heavy atom. The van der Waals surface area contributed by atoms with Gasteiger partial charge in [0.15, 0.2) is 17.3 Å². The van der Waals surface area contributed by atoms with Crippen molar-refractivity contribution in [2.45, 2.75) is 20.8 Å². The van der Waals surface area contributed by atoms with E-state index in [-0.39, 0.29) is 37.2 Å². The molecule has 0 saturated carbocycles. The monoisotopic (exact) mass is 246 g/mol. The normalized spacial score (nSPS) is 9.94. The zero-order valence-corrected chi connectivity index (χ0v) is 10.8. The lowest BCUT2D eigenvalue weighted by Gasteiger charge is -2.10. The standard InChI is InChI=1S/3C3H5O2.Al/c3*1-3(5)2-4;/h3*2H2,1H3;/q3*-1;+3. The Labute approximate surface area is 99.2 Å². The van der Waals surface area contributed by atoms with Gasteiger partial charge in [0.1, 0.15) is 0 Å². The van der Waals surface area contributed by atoms with Gasteiger partial charge in [-0.05, 0) is 20.8 Å². The number of carbonyl (C=O) groups excluding carboxylic acids is 3. The molecule has 7 heteroatoms. The molecule has 0 spiro atoms. The first-order chi connectivity index (χ1) is 7.41. The van der Waals surface area contributed by atoms with Crippen LogP contribution in [-0.4, -0.2) is 52.3 Å². The van der Waals surface area contributed by atoms with E-state index in [0.717, 1.165) is 0 Å². The smallest absolute Gasteiger partial charge is 0.448 e. The van der Waals surface area contributed by atoms with Gasteiger partial charge in [0.05, 0.1) is 19.8 Å². The first kappa shape index (κ1) is 15.4. The number of rotatable bonds is 9. The SMILES string of the molecule is CC(=O)C[O][Al]([O]CC(C)=O)[O]CC(C)=O. The van der Waals surface area contributed by atoms with Crippen LogP contribution in [0.5, 0.6) is 0 Å². The van der Waals surface area contributed by atoms with E-state index in [0.29, 0.717) is 0 Å². The highest BCUT2D eigenvalue weighted by Gasteiger charge is 2.32. The number of hydrogen-bond donors (Lipinski definition) is 0. The molecule has 0 atom stereocenters.